The number of halogens is 2. The molecule has 0 unspecified atom stereocenters. The summed E-state index contributed by atoms with van der Waals surface area (Å²) < 4.78 is 16.8. The van der Waals surface area contributed by atoms with Crippen LogP contribution in [-0.2, 0) is 0 Å². The normalized spacial score (nSPS) is 9.00. The molecule has 0 aromatic heterocycles. The Bertz CT molecular complexity index is 323. The Balaban J connectivity index is 2.59. The van der Waals surface area contributed by atoms with Crippen LogP contribution in [0.15, 0.2) is 24.3 Å². The molecule has 0 bridgehead atoms. The highest BCUT2D eigenvalue weighted by Crippen LogP contribution is 2.11. The van der Waals surface area contributed by atoms with Gasteiger partial charge in [0.2, 0.25) is 0 Å². The molecule has 0 aliphatic carbocycles. The molecular weight excluding hydrogens is 203 g/mol. The third kappa shape index (κ3) is 3.68. The summed E-state index contributed by atoms with van der Waals surface area (Å²) in [6, 6.07) is 7.14. The average Bonchev–Trinajstić information content (AvgIpc) is 2.25. The molecule has 0 saturated heterocycles. The van der Waals surface area contributed by atoms with Gasteiger partial charge in [-0.15, -0.1) is 11.6 Å². The van der Waals surface area contributed by atoms with E-state index in [9.17, 15) is 4.39 Å². The molecule has 0 aliphatic heterocycles. The highest BCUT2D eigenvalue weighted by atomic mass is 35.5. The van der Waals surface area contributed by atoms with Crippen molar-refractivity contribution in [2.24, 2.45) is 0 Å². The molecule has 1 aromatic carbocycles. The Morgan fingerprint density at radius 1 is 1.29 bits per heavy atom. The van der Waals surface area contributed by atoms with Gasteiger partial charge in [-0.05, 0) is 24.3 Å². The lowest BCUT2D eigenvalue weighted by molar-refractivity contribution is 0.273. The maximum atomic E-state index is 11.8. The number of hydrogen-bond acceptors (Lipinski definition) is 1. The average molecular weight is 213 g/mol. The van der Waals surface area contributed by atoms with Gasteiger partial charge in [-0.2, -0.15) is 0 Å². The zero-order chi connectivity index (χ0) is 10.2. The van der Waals surface area contributed by atoms with Gasteiger partial charge in [0.25, 0.3) is 0 Å². The van der Waals surface area contributed by atoms with Crippen LogP contribution in [0.25, 0.3) is 0 Å². The first kappa shape index (κ1) is 10.9. The molecular formula is C11H10ClFO. The predicted molar refractivity (Wildman–Crippen MR) is 55.5 cm³/mol. The van der Waals surface area contributed by atoms with Gasteiger partial charge in [0, 0.05) is 5.56 Å². The molecule has 0 amide bonds. The largest absolute Gasteiger partial charge is 0.491 e. The van der Waals surface area contributed by atoms with Crippen molar-refractivity contribution >= 4 is 11.6 Å². The van der Waals surface area contributed by atoms with Crippen molar-refractivity contribution in [3.63, 3.8) is 0 Å². The number of rotatable bonds is 3. The second-order valence-electron chi connectivity index (χ2n) is 2.50. The summed E-state index contributed by atoms with van der Waals surface area (Å²) in [5.74, 6) is 6.58. The maximum absolute atomic E-state index is 11.8. The highest BCUT2D eigenvalue weighted by molar-refractivity contribution is 6.19. The fourth-order valence-corrected chi connectivity index (χ4v) is 0.993. The van der Waals surface area contributed by atoms with E-state index in [0.29, 0.717) is 11.6 Å². The molecule has 1 nitrogen and oxygen atoms in total. The van der Waals surface area contributed by atoms with Gasteiger partial charge in [-0.3, -0.25) is 0 Å². The summed E-state index contributed by atoms with van der Waals surface area (Å²) in [6.45, 7) is -0.388. The lowest BCUT2D eigenvalue weighted by Crippen LogP contribution is -1.98. The minimum Gasteiger partial charge on any atom is -0.491 e. The van der Waals surface area contributed by atoms with Crippen molar-refractivity contribution in [2.45, 2.75) is 0 Å². The van der Waals surface area contributed by atoms with Crippen LogP contribution in [0.3, 0.4) is 0 Å². The number of alkyl halides is 2. The molecule has 1 aromatic rings. The lowest BCUT2D eigenvalue weighted by atomic mass is 10.2. The smallest absolute Gasteiger partial charge is 0.123 e. The van der Waals surface area contributed by atoms with Crippen LogP contribution in [-0.4, -0.2) is 19.2 Å². The maximum Gasteiger partial charge on any atom is 0.123 e. The van der Waals surface area contributed by atoms with Crippen LogP contribution in [0.1, 0.15) is 5.56 Å². The quantitative estimate of drug-likeness (QED) is 0.553. The zero-order valence-electron chi connectivity index (χ0n) is 7.59. The fourth-order valence-electron chi connectivity index (χ4n) is 0.926. The van der Waals surface area contributed by atoms with E-state index in [-0.39, 0.29) is 6.61 Å². The van der Waals surface area contributed by atoms with Crippen molar-refractivity contribution in [1.29, 1.82) is 0 Å². The SMILES string of the molecule is FCCOc1ccc(C#CCCl)cc1. The Morgan fingerprint density at radius 2 is 2.00 bits per heavy atom. The van der Waals surface area contributed by atoms with E-state index in [1.54, 1.807) is 12.1 Å². The summed E-state index contributed by atoms with van der Waals surface area (Å²) >= 11 is 5.41. The summed E-state index contributed by atoms with van der Waals surface area (Å²) in [4.78, 5) is 0. The molecule has 0 radical (unpaired) electrons. The van der Waals surface area contributed by atoms with Crippen molar-refractivity contribution in [3.8, 4) is 17.6 Å². The van der Waals surface area contributed by atoms with Crippen LogP contribution in [0.4, 0.5) is 4.39 Å². The first-order valence-electron chi connectivity index (χ1n) is 4.20. The molecule has 74 valence electrons. The Hall–Kier alpha value is -1.20. The van der Waals surface area contributed by atoms with Gasteiger partial charge >= 0.3 is 0 Å². The molecule has 0 aliphatic rings. The second kappa shape index (κ2) is 6.28. The van der Waals surface area contributed by atoms with Gasteiger partial charge in [0.1, 0.15) is 19.0 Å². The summed E-state index contributed by atoms with van der Waals surface area (Å²) in [5.41, 5.74) is 0.873. The van der Waals surface area contributed by atoms with E-state index in [4.69, 9.17) is 16.3 Å². The summed E-state index contributed by atoms with van der Waals surface area (Å²) in [5, 5.41) is 0. The van der Waals surface area contributed by atoms with E-state index in [0.717, 1.165) is 5.56 Å². The van der Waals surface area contributed by atoms with E-state index >= 15 is 0 Å². The third-order valence-corrected chi connectivity index (χ3v) is 1.63. The first-order valence-corrected chi connectivity index (χ1v) is 4.74. The molecule has 1 rings (SSSR count). The number of benzene rings is 1. The van der Waals surface area contributed by atoms with E-state index < -0.39 is 6.67 Å². The van der Waals surface area contributed by atoms with Crippen LogP contribution in [0.2, 0.25) is 0 Å². The van der Waals surface area contributed by atoms with Crippen molar-refractivity contribution in [3.05, 3.63) is 29.8 Å². The van der Waals surface area contributed by atoms with Crippen LogP contribution < -0.4 is 4.74 Å². The van der Waals surface area contributed by atoms with E-state index in [2.05, 4.69) is 11.8 Å². The molecule has 0 N–H and O–H groups in total. The van der Waals surface area contributed by atoms with Crippen molar-refractivity contribution in [1.82, 2.24) is 0 Å². The topological polar surface area (TPSA) is 9.23 Å². The van der Waals surface area contributed by atoms with Gasteiger partial charge in [0.05, 0.1) is 5.88 Å². The first-order chi connectivity index (χ1) is 6.86. The van der Waals surface area contributed by atoms with Crippen LogP contribution in [0.5, 0.6) is 5.75 Å². The molecule has 0 atom stereocenters. The molecule has 0 fully saturated rings. The minimum absolute atomic E-state index is 0.0900. The van der Waals surface area contributed by atoms with Crippen molar-refractivity contribution in [2.75, 3.05) is 19.2 Å². The molecule has 0 saturated carbocycles. The van der Waals surface area contributed by atoms with E-state index in [1.807, 2.05) is 12.1 Å². The highest BCUT2D eigenvalue weighted by Gasteiger charge is 1.92. The van der Waals surface area contributed by atoms with Crippen LogP contribution in [0, 0.1) is 11.8 Å². The van der Waals surface area contributed by atoms with Gasteiger partial charge in [-0.25, -0.2) is 4.39 Å². The Kier molecular flexibility index (Phi) is 4.88. The third-order valence-electron chi connectivity index (χ3n) is 1.50. The molecule has 0 spiro atoms. The molecule has 14 heavy (non-hydrogen) atoms. The number of hydrogen-bond donors (Lipinski definition) is 0. The van der Waals surface area contributed by atoms with E-state index in [1.165, 1.54) is 0 Å². The van der Waals surface area contributed by atoms with Gasteiger partial charge in [0.15, 0.2) is 0 Å². The lowest BCUT2D eigenvalue weighted by Gasteiger charge is -2.02. The fraction of sp³-hybridized carbons (Fsp3) is 0.273. The number of ether oxygens (including phenoxy) is 1. The monoisotopic (exact) mass is 212 g/mol. The standard InChI is InChI=1S/C11H10ClFO/c12-7-1-2-10-3-5-11(6-4-10)14-9-8-13/h3-6H,7-9H2. The predicted octanol–water partition coefficient (Wildman–Crippen LogP) is 2.63. The Labute approximate surface area is 87.8 Å². The summed E-state index contributed by atoms with van der Waals surface area (Å²) in [7, 11) is 0. The molecule has 3 heteroatoms. The summed E-state index contributed by atoms with van der Waals surface area (Å²) in [6.07, 6.45) is 0. The second-order valence-corrected chi connectivity index (χ2v) is 2.76. The Morgan fingerprint density at radius 3 is 2.57 bits per heavy atom. The van der Waals surface area contributed by atoms with Crippen molar-refractivity contribution < 1.29 is 9.13 Å². The van der Waals surface area contributed by atoms with Gasteiger partial charge in [-0.1, -0.05) is 11.8 Å². The van der Waals surface area contributed by atoms with Crippen LogP contribution >= 0.6 is 11.6 Å². The molecule has 0 heterocycles. The van der Waals surface area contributed by atoms with Gasteiger partial charge < -0.3 is 4.74 Å². The minimum atomic E-state index is -0.478. The zero-order valence-corrected chi connectivity index (χ0v) is 8.35.